The van der Waals surface area contributed by atoms with Crippen LogP contribution in [0.3, 0.4) is 0 Å². The lowest BCUT2D eigenvalue weighted by Crippen LogP contribution is -2.33. The van der Waals surface area contributed by atoms with Gasteiger partial charge in [0.1, 0.15) is 0 Å². The molecule has 100 valence electrons. The number of hydrogen-bond donors (Lipinski definition) is 2. The molecule has 0 unspecified atom stereocenters. The standard InChI is InChI=1S/C14H17N3O2/c1-9-10(2)14(19)17(16-13(9)18)8-12-5-3-11(7-15)4-6-12/h3-6H,7-8,15H2,1-2H3,(H,16,18). The van der Waals surface area contributed by atoms with Crippen LogP contribution >= 0.6 is 0 Å². The number of aromatic nitrogens is 2. The highest BCUT2D eigenvalue weighted by atomic mass is 16.2. The average Bonchev–Trinajstić information content (AvgIpc) is 2.43. The van der Waals surface area contributed by atoms with Crippen molar-refractivity contribution in [1.29, 1.82) is 0 Å². The summed E-state index contributed by atoms with van der Waals surface area (Å²) in [6.07, 6.45) is 0. The van der Waals surface area contributed by atoms with Crippen LogP contribution in [-0.4, -0.2) is 9.78 Å². The largest absolute Gasteiger partial charge is 0.326 e. The lowest BCUT2D eigenvalue weighted by atomic mass is 10.1. The van der Waals surface area contributed by atoms with Gasteiger partial charge in [0.25, 0.3) is 11.1 Å². The third-order valence-corrected chi connectivity index (χ3v) is 3.30. The molecule has 0 aliphatic heterocycles. The summed E-state index contributed by atoms with van der Waals surface area (Å²) in [5.41, 5.74) is 8.07. The van der Waals surface area contributed by atoms with E-state index in [2.05, 4.69) is 5.10 Å². The first-order chi connectivity index (χ1) is 9.02. The molecule has 0 bridgehead atoms. The fourth-order valence-electron chi connectivity index (χ4n) is 1.86. The first kappa shape index (κ1) is 13.3. The summed E-state index contributed by atoms with van der Waals surface area (Å²) in [6, 6.07) is 7.64. The maximum absolute atomic E-state index is 12.0. The third-order valence-electron chi connectivity index (χ3n) is 3.30. The van der Waals surface area contributed by atoms with Crippen molar-refractivity contribution in [2.24, 2.45) is 5.73 Å². The van der Waals surface area contributed by atoms with Gasteiger partial charge in [0, 0.05) is 17.7 Å². The second-order valence-electron chi connectivity index (χ2n) is 4.60. The molecule has 5 nitrogen and oxygen atoms in total. The molecule has 0 aliphatic carbocycles. The van der Waals surface area contributed by atoms with Gasteiger partial charge in [-0.3, -0.25) is 14.7 Å². The van der Waals surface area contributed by atoms with E-state index in [1.165, 1.54) is 4.68 Å². The molecule has 3 N–H and O–H groups in total. The van der Waals surface area contributed by atoms with E-state index < -0.39 is 0 Å². The molecular weight excluding hydrogens is 242 g/mol. The SMILES string of the molecule is Cc1c(C)c(=O)n(Cc2ccc(CN)cc2)[nH]c1=O. The normalized spacial score (nSPS) is 10.7. The van der Waals surface area contributed by atoms with E-state index in [0.717, 1.165) is 11.1 Å². The van der Waals surface area contributed by atoms with Crippen LogP contribution in [0.5, 0.6) is 0 Å². The van der Waals surface area contributed by atoms with Crippen molar-refractivity contribution in [3.8, 4) is 0 Å². The van der Waals surface area contributed by atoms with E-state index in [4.69, 9.17) is 5.73 Å². The first-order valence-corrected chi connectivity index (χ1v) is 6.11. The van der Waals surface area contributed by atoms with Crippen LogP contribution in [0.1, 0.15) is 22.3 Å². The Kier molecular flexibility index (Phi) is 3.66. The fourth-order valence-corrected chi connectivity index (χ4v) is 1.86. The van der Waals surface area contributed by atoms with Crippen LogP contribution in [-0.2, 0) is 13.1 Å². The molecule has 19 heavy (non-hydrogen) atoms. The van der Waals surface area contributed by atoms with Gasteiger partial charge >= 0.3 is 0 Å². The van der Waals surface area contributed by atoms with Crippen molar-refractivity contribution in [3.05, 3.63) is 67.2 Å². The van der Waals surface area contributed by atoms with Crippen LogP contribution in [0.25, 0.3) is 0 Å². The quantitative estimate of drug-likeness (QED) is 0.849. The van der Waals surface area contributed by atoms with Crippen LogP contribution in [0.4, 0.5) is 0 Å². The van der Waals surface area contributed by atoms with Gasteiger partial charge in [-0.2, -0.15) is 0 Å². The molecule has 0 radical (unpaired) electrons. The number of benzene rings is 1. The van der Waals surface area contributed by atoms with E-state index in [1.807, 2.05) is 24.3 Å². The van der Waals surface area contributed by atoms with Gasteiger partial charge in [0.05, 0.1) is 6.54 Å². The van der Waals surface area contributed by atoms with Crippen molar-refractivity contribution in [2.75, 3.05) is 0 Å². The van der Waals surface area contributed by atoms with E-state index in [9.17, 15) is 9.59 Å². The van der Waals surface area contributed by atoms with Gasteiger partial charge < -0.3 is 5.73 Å². The number of rotatable bonds is 3. The van der Waals surface area contributed by atoms with Crippen molar-refractivity contribution in [2.45, 2.75) is 26.9 Å². The van der Waals surface area contributed by atoms with E-state index in [0.29, 0.717) is 24.2 Å². The Balaban J connectivity index is 2.38. The van der Waals surface area contributed by atoms with Crippen LogP contribution in [0.15, 0.2) is 33.9 Å². The Morgan fingerprint density at radius 1 is 1.05 bits per heavy atom. The second-order valence-corrected chi connectivity index (χ2v) is 4.60. The Hall–Kier alpha value is -2.14. The van der Waals surface area contributed by atoms with E-state index in [1.54, 1.807) is 13.8 Å². The smallest absolute Gasteiger partial charge is 0.268 e. The van der Waals surface area contributed by atoms with Crippen molar-refractivity contribution in [1.82, 2.24) is 9.78 Å². The highest BCUT2D eigenvalue weighted by Crippen LogP contribution is 2.04. The molecule has 1 aromatic carbocycles. The second kappa shape index (κ2) is 5.24. The number of aromatic amines is 1. The van der Waals surface area contributed by atoms with Gasteiger partial charge in [-0.1, -0.05) is 24.3 Å². The molecule has 0 atom stereocenters. The number of nitrogens with one attached hydrogen (secondary N) is 1. The van der Waals surface area contributed by atoms with Gasteiger partial charge in [-0.15, -0.1) is 0 Å². The zero-order chi connectivity index (χ0) is 14.0. The molecule has 0 aliphatic rings. The Bertz CT molecular complexity index is 696. The zero-order valence-corrected chi connectivity index (χ0v) is 11.1. The number of nitrogens with zero attached hydrogens (tertiary/aromatic N) is 1. The minimum Gasteiger partial charge on any atom is -0.326 e. The maximum atomic E-state index is 12.0. The van der Waals surface area contributed by atoms with E-state index in [-0.39, 0.29) is 11.1 Å². The van der Waals surface area contributed by atoms with Crippen molar-refractivity contribution >= 4 is 0 Å². The predicted octanol–water partition coefficient (Wildman–Crippen LogP) is 0.660. The molecule has 0 saturated heterocycles. The van der Waals surface area contributed by atoms with Crippen molar-refractivity contribution in [3.63, 3.8) is 0 Å². The summed E-state index contributed by atoms with van der Waals surface area (Å²) >= 11 is 0. The molecule has 2 rings (SSSR count). The Morgan fingerprint density at radius 3 is 2.21 bits per heavy atom. The summed E-state index contributed by atoms with van der Waals surface area (Å²) in [4.78, 5) is 23.7. The van der Waals surface area contributed by atoms with Gasteiger partial charge in [-0.25, -0.2) is 4.68 Å². The van der Waals surface area contributed by atoms with Gasteiger partial charge in [0.2, 0.25) is 0 Å². The molecule has 0 saturated carbocycles. The van der Waals surface area contributed by atoms with Crippen molar-refractivity contribution < 1.29 is 0 Å². The number of hydrogen-bond acceptors (Lipinski definition) is 3. The molecule has 1 heterocycles. The monoisotopic (exact) mass is 259 g/mol. The zero-order valence-electron chi connectivity index (χ0n) is 11.1. The van der Waals surface area contributed by atoms with Crippen LogP contribution < -0.4 is 16.9 Å². The molecule has 0 spiro atoms. The van der Waals surface area contributed by atoms with E-state index >= 15 is 0 Å². The lowest BCUT2D eigenvalue weighted by molar-refractivity contribution is 0.618. The summed E-state index contributed by atoms with van der Waals surface area (Å²) in [7, 11) is 0. The minimum absolute atomic E-state index is 0.167. The number of nitrogens with two attached hydrogens (primary N) is 1. The molecule has 0 fully saturated rings. The summed E-state index contributed by atoms with van der Waals surface area (Å²) in [5, 5.41) is 2.59. The van der Waals surface area contributed by atoms with Crippen LogP contribution in [0, 0.1) is 13.8 Å². The summed E-state index contributed by atoms with van der Waals surface area (Å²) in [6.45, 7) is 4.15. The molecule has 2 aromatic rings. The van der Waals surface area contributed by atoms with Gasteiger partial charge in [0.15, 0.2) is 0 Å². The maximum Gasteiger partial charge on any atom is 0.268 e. The average molecular weight is 259 g/mol. The predicted molar refractivity (Wildman–Crippen MR) is 74.2 cm³/mol. The third kappa shape index (κ3) is 2.66. The minimum atomic E-state index is -0.226. The first-order valence-electron chi connectivity index (χ1n) is 6.11. The molecule has 1 aromatic heterocycles. The lowest BCUT2D eigenvalue weighted by Gasteiger charge is -2.08. The Morgan fingerprint density at radius 2 is 1.63 bits per heavy atom. The highest BCUT2D eigenvalue weighted by Gasteiger charge is 2.07. The van der Waals surface area contributed by atoms with Crippen LogP contribution in [0.2, 0.25) is 0 Å². The molecule has 0 amide bonds. The number of H-pyrrole nitrogens is 1. The summed E-state index contributed by atoms with van der Waals surface area (Å²) < 4.78 is 1.34. The topological polar surface area (TPSA) is 80.9 Å². The Labute approximate surface area is 110 Å². The fraction of sp³-hybridized carbons (Fsp3) is 0.286. The molecule has 5 heteroatoms. The highest BCUT2D eigenvalue weighted by molar-refractivity contribution is 5.23. The van der Waals surface area contributed by atoms with Gasteiger partial charge in [-0.05, 0) is 25.0 Å². The molecular formula is C14H17N3O2. The summed E-state index contributed by atoms with van der Waals surface area (Å²) in [5.74, 6) is 0.